The molecular weight excluding hydrogens is 132 g/mol. The molecule has 0 amide bonds. The highest BCUT2D eigenvalue weighted by Gasteiger charge is 2.09. The molecule has 0 aromatic carbocycles. The maximum atomic E-state index is 10.3. The first-order chi connectivity index (χ1) is 4.80. The molecule has 0 saturated carbocycles. The van der Waals surface area contributed by atoms with Gasteiger partial charge in [0.2, 0.25) is 0 Å². The number of rotatable bonds is 1. The van der Waals surface area contributed by atoms with Gasteiger partial charge in [-0.2, -0.15) is 0 Å². The van der Waals surface area contributed by atoms with Crippen molar-refractivity contribution in [2.45, 2.75) is 0 Å². The summed E-state index contributed by atoms with van der Waals surface area (Å²) in [6.07, 6.45) is 6.22. The fraction of sp³-hybridized carbons (Fsp3) is 0.167. The zero-order chi connectivity index (χ0) is 7.40. The van der Waals surface area contributed by atoms with Crippen molar-refractivity contribution in [3.8, 4) is 0 Å². The number of carbonyl (C=O) groups is 1. The summed E-state index contributed by atoms with van der Waals surface area (Å²) in [7, 11) is 0. The van der Waals surface area contributed by atoms with Gasteiger partial charge in [-0.3, -0.25) is 4.79 Å². The largest absolute Gasteiger partial charge is 0.481 e. The van der Waals surface area contributed by atoms with E-state index in [0.29, 0.717) is 0 Å². The van der Waals surface area contributed by atoms with Crippen LogP contribution in [-0.2, 0) is 4.79 Å². The predicted molar refractivity (Wildman–Crippen MR) is 35.7 cm³/mol. The fourth-order valence-electron chi connectivity index (χ4n) is 0.629. The molecule has 0 bridgehead atoms. The van der Waals surface area contributed by atoms with Gasteiger partial charge in [0.05, 0.1) is 5.92 Å². The second kappa shape index (κ2) is 2.91. The molecule has 10 heavy (non-hydrogen) atoms. The molecule has 54 valence electrons. The molecule has 0 aromatic rings. The molecule has 0 aliphatic carbocycles. The third-order valence-corrected chi connectivity index (χ3v) is 1.14. The zero-order valence-corrected chi connectivity index (χ0v) is 5.24. The summed E-state index contributed by atoms with van der Waals surface area (Å²) in [5.74, 6) is -1.37. The van der Waals surface area contributed by atoms with E-state index < -0.39 is 11.9 Å². The first-order valence-corrected chi connectivity index (χ1v) is 2.88. The zero-order valence-electron chi connectivity index (χ0n) is 5.24. The highest BCUT2D eigenvalue weighted by atomic mass is 16.4. The fourth-order valence-corrected chi connectivity index (χ4v) is 0.629. The Kier molecular flexibility index (Phi) is 1.94. The van der Waals surface area contributed by atoms with Crippen molar-refractivity contribution < 1.29 is 9.90 Å². The molecule has 4 heteroatoms. The van der Waals surface area contributed by atoms with Crippen LogP contribution in [0.4, 0.5) is 0 Å². The summed E-state index contributed by atoms with van der Waals surface area (Å²) in [6, 6.07) is 0. The average molecular weight is 140 g/mol. The maximum absolute atomic E-state index is 10.3. The number of nitrogens with one attached hydrogen (secondary N) is 2. The Morgan fingerprint density at radius 3 is 2.20 bits per heavy atom. The van der Waals surface area contributed by atoms with Crippen molar-refractivity contribution in [2.24, 2.45) is 5.92 Å². The molecule has 1 aliphatic heterocycles. The van der Waals surface area contributed by atoms with Crippen LogP contribution in [0.1, 0.15) is 0 Å². The lowest BCUT2D eigenvalue weighted by Gasteiger charge is -1.95. The molecular formula is C6H8N2O2. The van der Waals surface area contributed by atoms with Crippen LogP contribution in [0, 0.1) is 5.92 Å². The van der Waals surface area contributed by atoms with Gasteiger partial charge in [0.1, 0.15) is 0 Å². The summed E-state index contributed by atoms with van der Waals surface area (Å²) in [5, 5.41) is 8.51. The van der Waals surface area contributed by atoms with E-state index in [1.165, 1.54) is 0 Å². The van der Waals surface area contributed by atoms with E-state index in [0.717, 1.165) is 0 Å². The molecule has 3 N–H and O–H groups in total. The molecule has 0 spiro atoms. The van der Waals surface area contributed by atoms with E-state index in [1.54, 1.807) is 24.6 Å². The van der Waals surface area contributed by atoms with Crippen LogP contribution in [0.3, 0.4) is 0 Å². The van der Waals surface area contributed by atoms with Gasteiger partial charge in [-0.25, -0.2) is 0 Å². The van der Waals surface area contributed by atoms with E-state index in [9.17, 15) is 4.79 Å². The predicted octanol–water partition coefficient (Wildman–Crippen LogP) is -0.178. The summed E-state index contributed by atoms with van der Waals surface area (Å²) < 4.78 is 0. The average Bonchev–Trinajstić information content (AvgIpc) is 2.12. The molecule has 0 saturated heterocycles. The lowest BCUT2D eigenvalue weighted by Crippen LogP contribution is -2.18. The van der Waals surface area contributed by atoms with Gasteiger partial charge in [0.15, 0.2) is 0 Å². The van der Waals surface area contributed by atoms with Crippen LogP contribution < -0.4 is 10.9 Å². The summed E-state index contributed by atoms with van der Waals surface area (Å²) in [5.41, 5.74) is 5.30. The Morgan fingerprint density at radius 1 is 1.30 bits per heavy atom. The quantitative estimate of drug-likeness (QED) is 0.473. The Labute approximate surface area is 58.2 Å². The molecule has 0 radical (unpaired) electrons. The summed E-state index contributed by atoms with van der Waals surface area (Å²) in [4.78, 5) is 10.3. The van der Waals surface area contributed by atoms with Crippen molar-refractivity contribution in [3.63, 3.8) is 0 Å². The molecule has 1 aliphatic rings. The monoisotopic (exact) mass is 140 g/mol. The van der Waals surface area contributed by atoms with Crippen molar-refractivity contribution >= 4 is 5.97 Å². The number of aliphatic carboxylic acids is 1. The highest BCUT2D eigenvalue weighted by molar-refractivity contribution is 5.74. The first-order valence-electron chi connectivity index (χ1n) is 2.88. The van der Waals surface area contributed by atoms with Gasteiger partial charge in [0.25, 0.3) is 0 Å². The van der Waals surface area contributed by atoms with Crippen LogP contribution in [-0.4, -0.2) is 11.1 Å². The van der Waals surface area contributed by atoms with Crippen LogP contribution in [0.5, 0.6) is 0 Å². The van der Waals surface area contributed by atoms with Crippen LogP contribution in [0.15, 0.2) is 24.6 Å². The molecule has 1 rings (SSSR count). The minimum atomic E-state index is -0.849. The highest BCUT2D eigenvalue weighted by Crippen LogP contribution is 2.01. The maximum Gasteiger partial charge on any atom is 0.314 e. The lowest BCUT2D eigenvalue weighted by atomic mass is 10.1. The van der Waals surface area contributed by atoms with Crippen LogP contribution in [0.25, 0.3) is 0 Å². The van der Waals surface area contributed by atoms with Crippen molar-refractivity contribution in [2.75, 3.05) is 0 Å². The van der Waals surface area contributed by atoms with Crippen LogP contribution in [0.2, 0.25) is 0 Å². The number of carboxylic acids is 1. The summed E-state index contributed by atoms with van der Waals surface area (Å²) >= 11 is 0. The SMILES string of the molecule is O=C(O)C1C=CNNC=C1. The van der Waals surface area contributed by atoms with E-state index in [-0.39, 0.29) is 0 Å². The van der Waals surface area contributed by atoms with Gasteiger partial charge < -0.3 is 16.0 Å². The van der Waals surface area contributed by atoms with E-state index in [1.807, 2.05) is 0 Å². The van der Waals surface area contributed by atoms with Gasteiger partial charge in [-0.15, -0.1) is 0 Å². The topological polar surface area (TPSA) is 61.4 Å². The third kappa shape index (κ3) is 1.51. The smallest absolute Gasteiger partial charge is 0.314 e. The summed E-state index contributed by atoms with van der Waals surface area (Å²) in [6.45, 7) is 0. The third-order valence-electron chi connectivity index (χ3n) is 1.14. The first kappa shape index (κ1) is 6.67. The second-order valence-corrected chi connectivity index (χ2v) is 1.87. The standard InChI is InChI=1S/C6H8N2O2/c9-6(10)5-1-3-7-8-4-2-5/h1-5,7-8H,(H,9,10). The molecule has 0 fully saturated rings. The number of hydrazine groups is 1. The van der Waals surface area contributed by atoms with Crippen molar-refractivity contribution in [3.05, 3.63) is 24.6 Å². The Morgan fingerprint density at radius 2 is 1.80 bits per heavy atom. The minimum absolute atomic E-state index is 0.525. The van der Waals surface area contributed by atoms with Crippen molar-refractivity contribution in [1.29, 1.82) is 0 Å². The second-order valence-electron chi connectivity index (χ2n) is 1.87. The van der Waals surface area contributed by atoms with E-state index >= 15 is 0 Å². The van der Waals surface area contributed by atoms with E-state index in [2.05, 4.69) is 10.9 Å². The Bertz CT molecular complexity index is 172. The van der Waals surface area contributed by atoms with Gasteiger partial charge >= 0.3 is 5.97 Å². The number of hydrogen-bond donors (Lipinski definition) is 3. The van der Waals surface area contributed by atoms with Crippen LogP contribution >= 0.6 is 0 Å². The molecule has 0 unspecified atom stereocenters. The minimum Gasteiger partial charge on any atom is -0.481 e. The Balaban J connectivity index is 2.64. The molecule has 1 heterocycles. The van der Waals surface area contributed by atoms with Crippen molar-refractivity contribution in [1.82, 2.24) is 10.9 Å². The van der Waals surface area contributed by atoms with E-state index in [4.69, 9.17) is 5.11 Å². The van der Waals surface area contributed by atoms with Gasteiger partial charge in [-0.1, -0.05) is 0 Å². The van der Waals surface area contributed by atoms with Gasteiger partial charge in [-0.05, 0) is 12.2 Å². The number of hydrogen-bond acceptors (Lipinski definition) is 3. The number of carboxylic acid groups (broad SMARTS) is 1. The lowest BCUT2D eigenvalue weighted by molar-refractivity contribution is -0.138. The normalized spacial score (nSPS) is 17.2. The molecule has 4 nitrogen and oxygen atoms in total. The molecule has 0 atom stereocenters. The Hall–Kier alpha value is -1.45. The van der Waals surface area contributed by atoms with Gasteiger partial charge in [0, 0.05) is 12.4 Å². The molecule has 0 aromatic heterocycles.